The first kappa shape index (κ1) is 25.4. The van der Waals surface area contributed by atoms with Gasteiger partial charge in [0.2, 0.25) is 15.9 Å². The third-order valence-electron chi connectivity index (χ3n) is 6.23. The average molecular weight is 535 g/mol. The van der Waals surface area contributed by atoms with Gasteiger partial charge in [-0.1, -0.05) is 24.3 Å². The Labute approximate surface area is 219 Å². The molecule has 4 aromatic rings. The van der Waals surface area contributed by atoms with Crippen molar-refractivity contribution in [3.63, 3.8) is 0 Å². The highest BCUT2D eigenvalue weighted by molar-refractivity contribution is 7.89. The molecule has 0 atom stereocenters. The number of amides is 2. The summed E-state index contributed by atoms with van der Waals surface area (Å²) in [7, 11) is -0.736. The Kier molecular flexibility index (Phi) is 6.83. The molecule has 2 amide bonds. The van der Waals surface area contributed by atoms with Crippen molar-refractivity contribution in [3.8, 4) is 17.0 Å². The van der Waals surface area contributed by atoms with Gasteiger partial charge in [0.05, 0.1) is 17.5 Å². The van der Waals surface area contributed by atoms with Crippen LogP contribution < -0.4 is 20.1 Å². The number of nitrogens with zero attached hydrogens (tertiary/aromatic N) is 2. The summed E-state index contributed by atoms with van der Waals surface area (Å²) in [4.78, 5) is 29.6. The highest BCUT2D eigenvalue weighted by atomic mass is 32.2. The molecule has 1 aliphatic carbocycles. The Morgan fingerprint density at radius 2 is 1.87 bits per heavy atom. The van der Waals surface area contributed by atoms with E-state index in [0.717, 1.165) is 18.4 Å². The molecular formula is C26H26N6O5S. The standard InChI is InChI=1S/C26H26N6O5S/c1-27-25(34)23-19-10-7-15(12-21(19)30-31-23)17-11-20(26(37-2)29-14-17)24(33)28-13-16-5-3-4-6-22(16)38(35,36)32-18-8-9-18/h3-7,10-12,14,18,32H,8-9,13H2,1-2H3,(H,27,34)(H,28,33)(H,30,31). The second-order valence-electron chi connectivity index (χ2n) is 8.88. The Balaban J connectivity index is 1.39. The highest BCUT2D eigenvalue weighted by Crippen LogP contribution is 2.28. The van der Waals surface area contributed by atoms with Gasteiger partial charge in [0.25, 0.3) is 11.8 Å². The van der Waals surface area contributed by atoms with E-state index in [2.05, 4.69) is 30.5 Å². The van der Waals surface area contributed by atoms with Gasteiger partial charge in [-0.05, 0) is 48.2 Å². The zero-order valence-electron chi connectivity index (χ0n) is 20.7. The normalized spacial score (nSPS) is 13.3. The largest absolute Gasteiger partial charge is 0.480 e. The molecule has 11 nitrogen and oxygen atoms in total. The molecule has 5 rings (SSSR count). The molecule has 0 radical (unpaired) electrons. The van der Waals surface area contributed by atoms with Crippen LogP contribution in [0.25, 0.3) is 22.0 Å². The summed E-state index contributed by atoms with van der Waals surface area (Å²) in [5.74, 6) is -0.637. The lowest BCUT2D eigenvalue weighted by Gasteiger charge is -2.13. The van der Waals surface area contributed by atoms with Crippen LogP contribution in [0.15, 0.2) is 59.6 Å². The number of sulfonamides is 1. The van der Waals surface area contributed by atoms with Gasteiger partial charge in [0, 0.05) is 36.8 Å². The smallest absolute Gasteiger partial charge is 0.272 e. The van der Waals surface area contributed by atoms with Crippen LogP contribution in [0.5, 0.6) is 5.88 Å². The molecule has 0 bridgehead atoms. The van der Waals surface area contributed by atoms with Crippen LogP contribution in [0.1, 0.15) is 39.3 Å². The van der Waals surface area contributed by atoms with Gasteiger partial charge in [-0.3, -0.25) is 14.7 Å². The second-order valence-corrected chi connectivity index (χ2v) is 10.6. The Morgan fingerprint density at radius 1 is 1.08 bits per heavy atom. The summed E-state index contributed by atoms with van der Waals surface area (Å²) in [6, 6.07) is 13.6. The number of carbonyl (C=O) groups is 2. The van der Waals surface area contributed by atoms with Crippen molar-refractivity contribution < 1.29 is 22.7 Å². The van der Waals surface area contributed by atoms with Crippen LogP contribution in [0.4, 0.5) is 0 Å². The lowest BCUT2D eigenvalue weighted by atomic mass is 10.0. The number of methoxy groups -OCH3 is 1. The molecule has 0 saturated heterocycles. The number of nitrogens with one attached hydrogen (secondary N) is 4. The van der Waals surface area contributed by atoms with Crippen molar-refractivity contribution >= 4 is 32.7 Å². The van der Waals surface area contributed by atoms with Crippen molar-refractivity contribution in [1.29, 1.82) is 0 Å². The molecule has 1 aliphatic rings. The summed E-state index contributed by atoms with van der Waals surface area (Å²) < 4.78 is 33.6. The van der Waals surface area contributed by atoms with E-state index in [-0.39, 0.29) is 40.5 Å². The molecule has 38 heavy (non-hydrogen) atoms. The maximum atomic E-state index is 13.2. The minimum absolute atomic E-state index is 0.00363. The lowest BCUT2D eigenvalue weighted by molar-refractivity contribution is 0.0943. The Hall–Kier alpha value is -4.29. The van der Waals surface area contributed by atoms with Crippen LogP contribution in [0.3, 0.4) is 0 Å². The first-order valence-corrected chi connectivity index (χ1v) is 13.4. The van der Waals surface area contributed by atoms with Gasteiger partial charge in [-0.2, -0.15) is 5.10 Å². The first-order valence-electron chi connectivity index (χ1n) is 11.9. The first-order chi connectivity index (χ1) is 18.3. The van der Waals surface area contributed by atoms with E-state index in [9.17, 15) is 18.0 Å². The zero-order valence-corrected chi connectivity index (χ0v) is 21.6. The maximum absolute atomic E-state index is 13.2. The molecule has 196 valence electrons. The number of hydrogen-bond acceptors (Lipinski definition) is 7. The van der Waals surface area contributed by atoms with Crippen LogP contribution in [0, 0.1) is 0 Å². The van der Waals surface area contributed by atoms with Crippen molar-refractivity contribution in [2.45, 2.75) is 30.3 Å². The molecule has 1 fully saturated rings. The molecule has 0 spiro atoms. The van der Waals surface area contributed by atoms with Crippen LogP contribution >= 0.6 is 0 Å². The van der Waals surface area contributed by atoms with Gasteiger partial charge in [-0.15, -0.1) is 0 Å². The van der Waals surface area contributed by atoms with E-state index < -0.39 is 15.9 Å². The number of pyridine rings is 1. The van der Waals surface area contributed by atoms with Gasteiger partial charge in [0.15, 0.2) is 5.69 Å². The van der Waals surface area contributed by atoms with E-state index in [4.69, 9.17) is 4.74 Å². The molecule has 2 aromatic carbocycles. The number of rotatable bonds is 9. The fraction of sp³-hybridized carbons (Fsp3) is 0.231. The van der Waals surface area contributed by atoms with Crippen LogP contribution in [-0.2, 0) is 16.6 Å². The SMILES string of the molecule is CNC(=O)c1n[nH]c2cc(-c3cnc(OC)c(C(=O)NCc4ccccc4S(=O)(=O)NC4CC4)c3)ccc12. The van der Waals surface area contributed by atoms with Crippen molar-refractivity contribution in [2.75, 3.05) is 14.2 Å². The third kappa shape index (κ3) is 5.08. The number of benzene rings is 2. The maximum Gasteiger partial charge on any atom is 0.272 e. The number of ether oxygens (including phenoxy) is 1. The molecule has 2 heterocycles. The summed E-state index contributed by atoms with van der Waals surface area (Å²) in [5.41, 5.74) is 2.99. The Morgan fingerprint density at radius 3 is 2.61 bits per heavy atom. The van der Waals surface area contributed by atoms with E-state index >= 15 is 0 Å². The molecular weight excluding hydrogens is 508 g/mol. The number of aromatic nitrogens is 3. The van der Waals surface area contributed by atoms with E-state index in [0.29, 0.717) is 22.0 Å². The molecule has 12 heteroatoms. The van der Waals surface area contributed by atoms with Gasteiger partial charge < -0.3 is 15.4 Å². The molecule has 1 saturated carbocycles. The summed E-state index contributed by atoms with van der Waals surface area (Å²) in [6.07, 6.45) is 3.23. The summed E-state index contributed by atoms with van der Waals surface area (Å²) in [5, 5.41) is 13.0. The predicted octanol–water partition coefficient (Wildman–Crippen LogP) is 2.36. The zero-order chi connectivity index (χ0) is 26.9. The van der Waals surface area contributed by atoms with Crippen LogP contribution in [0.2, 0.25) is 0 Å². The third-order valence-corrected chi connectivity index (χ3v) is 7.85. The number of carbonyl (C=O) groups excluding carboxylic acids is 2. The predicted molar refractivity (Wildman–Crippen MR) is 140 cm³/mol. The summed E-state index contributed by atoms with van der Waals surface area (Å²) >= 11 is 0. The average Bonchev–Trinajstić information content (AvgIpc) is 3.64. The lowest BCUT2D eigenvalue weighted by Crippen LogP contribution is -2.29. The van der Waals surface area contributed by atoms with Gasteiger partial charge in [-0.25, -0.2) is 18.1 Å². The molecule has 4 N–H and O–H groups in total. The number of aromatic amines is 1. The van der Waals surface area contributed by atoms with Crippen molar-refractivity contribution in [3.05, 3.63) is 71.5 Å². The van der Waals surface area contributed by atoms with Gasteiger partial charge >= 0.3 is 0 Å². The fourth-order valence-electron chi connectivity index (χ4n) is 4.09. The van der Waals surface area contributed by atoms with Crippen molar-refractivity contribution in [1.82, 2.24) is 30.5 Å². The highest BCUT2D eigenvalue weighted by Gasteiger charge is 2.29. The second kappa shape index (κ2) is 10.2. The minimum atomic E-state index is -3.69. The van der Waals surface area contributed by atoms with E-state index in [1.807, 2.05) is 12.1 Å². The number of hydrogen-bond donors (Lipinski definition) is 4. The number of fused-ring (bicyclic) bond motifs is 1. The molecule has 0 unspecified atom stereocenters. The topological polar surface area (TPSA) is 155 Å². The monoisotopic (exact) mass is 534 g/mol. The van der Waals surface area contributed by atoms with E-state index in [1.54, 1.807) is 36.5 Å². The van der Waals surface area contributed by atoms with Crippen LogP contribution in [-0.4, -0.2) is 55.6 Å². The molecule has 0 aliphatic heterocycles. The minimum Gasteiger partial charge on any atom is -0.480 e. The van der Waals surface area contributed by atoms with Gasteiger partial charge in [0.1, 0.15) is 5.56 Å². The number of H-pyrrole nitrogens is 1. The quantitative estimate of drug-likeness (QED) is 0.257. The molecule has 2 aromatic heterocycles. The summed E-state index contributed by atoms with van der Waals surface area (Å²) in [6.45, 7) is -0.00363. The van der Waals surface area contributed by atoms with E-state index in [1.165, 1.54) is 20.2 Å². The Bertz CT molecular complexity index is 1650. The van der Waals surface area contributed by atoms with Crippen molar-refractivity contribution in [2.24, 2.45) is 0 Å². The fourth-order valence-corrected chi connectivity index (χ4v) is 5.64.